The lowest BCUT2D eigenvalue weighted by Crippen LogP contribution is -2.11. The molecule has 0 unspecified atom stereocenters. The maximum Gasteiger partial charge on any atom is 0.162 e. The molecule has 2 rings (SSSR count). The zero-order chi connectivity index (χ0) is 13.8. The minimum Gasteiger partial charge on any atom is -0.387 e. The molecule has 0 aliphatic heterocycles. The third kappa shape index (κ3) is 3.37. The molecule has 0 amide bonds. The number of aliphatic hydroxyl groups is 1. The van der Waals surface area contributed by atoms with E-state index < -0.39 is 6.10 Å². The van der Waals surface area contributed by atoms with Crippen molar-refractivity contribution in [3.05, 3.63) is 45.6 Å². The third-order valence-corrected chi connectivity index (χ3v) is 3.90. The summed E-state index contributed by atoms with van der Waals surface area (Å²) in [5.41, 5.74) is 1.04. The molecule has 4 nitrogen and oxygen atoms in total. The highest BCUT2D eigenvalue weighted by atomic mass is 35.5. The molecule has 0 fully saturated rings. The van der Waals surface area contributed by atoms with E-state index >= 15 is 0 Å². The van der Waals surface area contributed by atoms with Crippen molar-refractivity contribution in [3.63, 3.8) is 0 Å². The Labute approximate surface area is 124 Å². The van der Waals surface area contributed by atoms with Crippen molar-refractivity contribution in [2.24, 2.45) is 0 Å². The van der Waals surface area contributed by atoms with E-state index in [0.717, 1.165) is 17.1 Å². The molecule has 0 aliphatic carbocycles. The predicted molar refractivity (Wildman–Crippen MR) is 76.7 cm³/mol. The van der Waals surface area contributed by atoms with Gasteiger partial charge >= 0.3 is 0 Å². The zero-order valence-corrected chi connectivity index (χ0v) is 11.9. The summed E-state index contributed by atoms with van der Waals surface area (Å²) in [5, 5.41) is 23.2. The Morgan fingerprint density at radius 3 is 2.68 bits per heavy atom. The molecular weight excluding hydrogens is 305 g/mol. The Morgan fingerprint density at radius 1 is 1.37 bits per heavy atom. The molecule has 0 aliphatic rings. The van der Waals surface area contributed by atoms with E-state index in [4.69, 9.17) is 28.5 Å². The molecule has 0 saturated carbocycles. The molecule has 1 aromatic carbocycles. The number of aromatic nitrogens is 1. The largest absolute Gasteiger partial charge is 0.387 e. The number of anilines is 1. The van der Waals surface area contributed by atoms with Gasteiger partial charge in [-0.05, 0) is 29.2 Å². The van der Waals surface area contributed by atoms with Gasteiger partial charge in [-0.25, -0.2) is 0 Å². The van der Waals surface area contributed by atoms with Gasteiger partial charge in [0.1, 0.15) is 16.6 Å². The standard InChI is InChI=1S/C12H9Cl2N3OS/c13-8-3-1-7(2-4-8)10(18)6-16-12-9(5-15)11(14)17-19-12/h1-4,10,16,18H,6H2/t10-/m0/s1. The lowest BCUT2D eigenvalue weighted by atomic mass is 10.1. The zero-order valence-electron chi connectivity index (χ0n) is 9.60. The molecule has 0 spiro atoms. The van der Waals surface area contributed by atoms with E-state index in [0.29, 0.717) is 15.6 Å². The van der Waals surface area contributed by atoms with E-state index in [9.17, 15) is 5.11 Å². The topological polar surface area (TPSA) is 68.9 Å². The van der Waals surface area contributed by atoms with Crippen LogP contribution in [0.3, 0.4) is 0 Å². The van der Waals surface area contributed by atoms with Gasteiger partial charge in [-0.3, -0.25) is 0 Å². The predicted octanol–water partition coefficient (Wildman–Crippen LogP) is 3.47. The van der Waals surface area contributed by atoms with Gasteiger partial charge in [0.15, 0.2) is 5.15 Å². The van der Waals surface area contributed by atoms with E-state index in [1.807, 2.05) is 6.07 Å². The number of aliphatic hydroxyl groups excluding tert-OH is 1. The van der Waals surface area contributed by atoms with Crippen LogP contribution in [0, 0.1) is 11.3 Å². The summed E-state index contributed by atoms with van der Waals surface area (Å²) in [5.74, 6) is 0. The highest BCUT2D eigenvalue weighted by molar-refractivity contribution is 7.10. The molecule has 1 atom stereocenters. The summed E-state index contributed by atoms with van der Waals surface area (Å²) in [6, 6.07) is 8.89. The quantitative estimate of drug-likeness (QED) is 0.906. The van der Waals surface area contributed by atoms with Crippen LogP contribution >= 0.6 is 34.7 Å². The lowest BCUT2D eigenvalue weighted by molar-refractivity contribution is 0.191. The van der Waals surface area contributed by atoms with Crippen molar-refractivity contribution >= 4 is 39.7 Å². The smallest absolute Gasteiger partial charge is 0.162 e. The van der Waals surface area contributed by atoms with Gasteiger partial charge in [-0.1, -0.05) is 35.3 Å². The number of benzene rings is 1. The number of nitriles is 1. The van der Waals surface area contributed by atoms with E-state index in [2.05, 4.69) is 9.69 Å². The summed E-state index contributed by atoms with van der Waals surface area (Å²) in [7, 11) is 0. The molecule has 0 saturated heterocycles. The summed E-state index contributed by atoms with van der Waals surface area (Å²) >= 11 is 12.6. The number of hydrogen-bond acceptors (Lipinski definition) is 5. The fourth-order valence-electron chi connectivity index (χ4n) is 1.48. The van der Waals surface area contributed by atoms with Crippen molar-refractivity contribution in [1.29, 1.82) is 5.26 Å². The van der Waals surface area contributed by atoms with Crippen LogP contribution in [0.2, 0.25) is 10.2 Å². The molecule has 0 bridgehead atoms. The molecular formula is C12H9Cl2N3OS. The first kappa shape index (κ1) is 14.1. The lowest BCUT2D eigenvalue weighted by Gasteiger charge is -2.12. The maximum absolute atomic E-state index is 10.0. The number of hydrogen-bond donors (Lipinski definition) is 2. The Morgan fingerprint density at radius 2 is 2.05 bits per heavy atom. The molecule has 0 radical (unpaired) electrons. The van der Waals surface area contributed by atoms with Gasteiger partial charge in [0.25, 0.3) is 0 Å². The van der Waals surface area contributed by atoms with Crippen LogP contribution in [0.15, 0.2) is 24.3 Å². The molecule has 2 N–H and O–H groups in total. The van der Waals surface area contributed by atoms with Crippen LogP contribution in [0.4, 0.5) is 5.00 Å². The van der Waals surface area contributed by atoms with Gasteiger partial charge in [-0.2, -0.15) is 9.64 Å². The number of nitrogens with one attached hydrogen (secondary N) is 1. The highest BCUT2D eigenvalue weighted by Gasteiger charge is 2.13. The number of nitrogens with zero attached hydrogens (tertiary/aromatic N) is 2. The van der Waals surface area contributed by atoms with E-state index in [1.165, 1.54) is 0 Å². The second-order valence-electron chi connectivity index (χ2n) is 3.74. The van der Waals surface area contributed by atoms with Crippen molar-refractivity contribution in [1.82, 2.24) is 4.37 Å². The number of halogens is 2. The highest BCUT2D eigenvalue weighted by Crippen LogP contribution is 2.28. The van der Waals surface area contributed by atoms with Gasteiger partial charge in [0, 0.05) is 11.6 Å². The minimum absolute atomic E-state index is 0.177. The third-order valence-electron chi connectivity index (χ3n) is 2.47. The normalized spacial score (nSPS) is 11.9. The molecule has 7 heteroatoms. The van der Waals surface area contributed by atoms with Crippen LogP contribution in [0.25, 0.3) is 0 Å². The first-order chi connectivity index (χ1) is 9.11. The van der Waals surface area contributed by atoms with E-state index in [1.54, 1.807) is 24.3 Å². The van der Waals surface area contributed by atoms with E-state index in [-0.39, 0.29) is 11.7 Å². The summed E-state index contributed by atoms with van der Waals surface area (Å²) in [6.45, 7) is 0.259. The monoisotopic (exact) mass is 313 g/mol. The summed E-state index contributed by atoms with van der Waals surface area (Å²) in [6.07, 6.45) is -0.704. The number of rotatable bonds is 4. The van der Waals surface area contributed by atoms with Crippen molar-refractivity contribution in [2.75, 3.05) is 11.9 Å². The average molecular weight is 314 g/mol. The fourth-order valence-corrected chi connectivity index (χ4v) is 2.55. The summed E-state index contributed by atoms with van der Waals surface area (Å²) in [4.78, 5) is 0. The second kappa shape index (κ2) is 6.22. The maximum atomic E-state index is 10.0. The van der Waals surface area contributed by atoms with Crippen LogP contribution in [-0.4, -0.2) is 16.0 Å². The van der Waals surface area contributed by atoms with Gasteiger partial charge in [0.05, 0.1) is 6.10 Å². The van der Waals surface area contributed by atoms with Gasteiger partial charge in [0.2, 0.25) is 0 Å². The average Bonchev–Trinajstić information content (AvgIpc) is 2.77. The first-order valence-corrected chi connectivity index (χ1v) is 6.87. The van der Waals surface area contributed by atoms with Gasteiger partial charge < -0.3 is 10.4 Å². The molecule has 98 valence electrons. The van der Waals surface area contributed by atoms with Crippen molar-refractivity contribution in [3.8, 4) is 6.07 Å². The molecule has 1 aromatic heterocycles. The fraction of sp³-hybridized carbons (Fsp3) is 0.167. The van der Waals surface area contributed by atoms with Gasteiger partial charge in [-0.15, -0.1) is 0 Å². The Balaban J connectivity index is 2.02. The van der Waals surface area contributed by atoms with Crippen LogP contribution in [-0.2, 0) is 0 Å². The Bertz CT molecular complexity index is 606. The summed E-state index contributed by atoms with van der Waals surface area (Å²) < 4.78 is 3.87. The van der Waals surface area contributed by atoms with Crippen LogP contribution < -0.4 is 5.32 Å². The SMILES string of the molecule is N#Cc1c(Cl)nsc1NC[C@H](O)c1ccc(Cl)cc1. The van der Waals surface area contributed by atoms with Crippen molar-refractivity contribution < 1.29 is 5.11 Å². The van der Waals surface area contributed by atoms with Crippen LogP contribution in [0.1, 0.15) is 17.2 Å². The Hall–Kier alpha value is -1.32. The molecule has 19 heavy (non-hydrogen) atoms. The van der Waals surface area contributed by atoms with Crippen LogP contribution in [0.5, 0.6) is 0 Å². The molecule has 1 heterocycles. The first-order valence-electron chi connectivity index (χ1n) is 5.34. The molecule has 2 aromatic rings. The Kier molecular flexibility index (Phi) is 4.61. The minimum atomic E-state index is -0.704. The second-order valence-corrected chi connectivity index (χ2v) is 5.31. The van der Waals surface area contributed by atoms with Crippen molar-refractivity contribution in [2.45, 2.75) is 6.10 Å².